The van der Waals surface area contributed by atoms with E-state index in [1.165, 1.54) is 11.3 Å². The van der Waals surface area contributed by atoms with E-state index in [4.69, 9.17) is 0 Å². The van der Waals surface area contributed by atoms with Crippen molar-refractivity contribution in [1.29, 1.82) is 0 Å². The molecular weight excluding hydrogens is 357 g/mol. The Morgan fingerprint density at radius 1 is 1.04 bits per heavy atom. The molecule has 134 valence electrons. The minimum atomic E-state index is 0. The van der Waals surface area contributed by atoms with Crippen LogP contribution in [0.3, 0.4) is 0 Å². The van der Waals surface area contributed by atoms with E-state index < -0.39 is 0 Å². The maximum atomic E-state index is 12.5. The van der Waals surface area contributed by atoms with Gasteiger partial charge in [0.25, 0.3) is 0 Å². The van der Waals surface area contributed by atoms with Crippen molar-refractivity contribution in [3.63, 3.8) is 0 Å². The molecule has 0 aromatic heterocycles. The van der Waals surface area contributed by atoms with Gasteiger partial charge < -0.3 is 15.5 Å². The molecular formula is C19H23Cl2N3O. The van der Waals surface area contributed by atoms with Gasteiger partial charge >= 0.3 is 0 Å². The summed E-state index contributed by atoms with van der Waals surface area (Å²) in [5.74, 6) is 0.198. The fourth-order valence-electron chi connectivity index (χ4n) is 3.52. The summed E-state index contributed by atoms with van der Waals surface area (Å²) in [4.78, 5) is 14.8. The van der Waals surface area contributed by atoms with Crippen LogP contribution in [0.4, 0.5) is 17.1 Å². The van der Waals surface area contributed by atoms with Crippen LogP contribution in [0.15, 0.2) is 48.5 Å². The van der Waals surface area contributed by atoms with Crippen molar-refractivity contribution in [1.82, 2.24) is 5.32 Å². The lowest BCUT2D eigenvalue weighted by molar-refractivity contribution is -0.119. The molecule has 2 aliphatic rings. The summed E-state index contributed by atoms with van der Waals surface area (Å²) in [6.45, 7) is 2.66. The average Bonchev–Trinajstić information content (AvgIpc) is 3.25. The third-order valence-electron chi connectivity index (χ3n) is 4.77. The summed E-state index contributed by atoms with van der Waals surface area (Å²) < 4.78 is 0. The third kappa shape index (κ3) is 3.92. The minimum Gasteiger partial charge on any atom is -0.339 e. The zero-order chi connectivity index (χ0) is 15.6. The molecule has 0 saturated carbocycles. The maximum absolute atomic E-state index is 12.5. The van der Waals surface area contributed by atoms with E-state index in [0.717, 1.165) is 43.9 Å². The Morgan fingerprint density at radius 2 is 1.76 bits per heavy atom. The van der Waals surface area contributed by atoms with Crippen molar-refractivity contribution in [2.75, 3.05) is 29.9 Å². The highest BCUT2D eigenvalue weighted by atomic mass is 35.5. The predicted octanol–water partition coefficient (Wildman–Crippen LogP) is 3.77. The van der Waals surface area contributed by atoms with Gasteiger partial charge in [0.2, 0.25) is 5.91 Å². The molecule has 4 nitrogen and oxygen atoms in total. The van der Waals surface area contributed by atoms with Crippen LogP contribution in [0.2, 0.25) is 0 Å². The van der Waals surface area contributed by atoms with Crippen LogP contribution >= 0.6 is 24.8 Å². The molecule has 4 rings (SSSR count). The number of hydrogen-bond donors (Lipinski definition) is 2. The Bertz CT molecular complexity index is 732. The molecule has 6 heteroatoms. The number of halogens is 2. The first kappa shape index (κ1) is 19.6. The van der Waals surface area contributed by atoms with Crippen LogP contribution in [0.5, 0.6) is 0 Å². The molecule has 0 spiro atoms. The normalized spacial score (nSPS) is 18.1. The summed E-state index contributed by atoms with van der Waals surface area (Å²) >= 11 is 0. The van der Waals surface area contributed by atoms with Gasteiger partial charge in [0.1, 0.15) is 0 Å². The largest absolute Gasteiger partial charge is 0.339 e. The Kier molecular flexibility index (Phi) is 6.71. The van der Waals surface area contributed by atoms with E-state index in [-0.39, 0.29) is 36.6 Å². The average molecular weight is 380 g/mol. The maximum Gasteiger partial charge on any atom is 0.228 e. The van der Waals surface area contributed by atoms with Gasteiger partial charge in [-0.25, -0.2) is 0 Å². The number of para-hydroxylation sites is 3. The number of nitrogens with one attached hydrogen (secondary N) is 2. The monoisotopic (exact) mass is 379 g/mol. The van der Waals surface area contributed by atoms with Gasteiger partial charge in [-0.05, 0) is 43.1 Å². The van der Waals surface area contributed by atoms with Crippen LogP contribution in [0, 0.1) is 5.92 Å². The van der Waals surface area contributed by atoms with Gasteiger partial charge in [0.05, 0.1) is 17.3 Å². The Balaban J connectivity index is 0.00000113. The fraction of sp³-hybridized carbons (Fsp3) is 0.316. The number of fused-ring (bicyclic) bond motifs is 1. The lowest BCUT2D eigenvalue weighted by Crippen LogP contribution is -2.26. The van der Waals surface area contributed by atoms with Gasteiger partial charge in [0, 0.05) is 18.8 Å². The third-order valence-corrected chi connectivity index (χ3v) is 4.77. The van der Waals surface area contributed by atoms with Crippen LogP contribution in [0.1, 0.15) is 12.0 Å². The van der Waals surface area contributed by atoms with E-state index in [0.29, 0.717) is 0 Å². The second kappa shape index (κ2) is 8.56. The highest BCUT2D eigenvalue weighted by molar-refractivity contribution is 5.97. The molecule has 2 aliphatic heterocycles. The molecule has 1 saturated heterocycles. The van der Waals surface area contributed by atoms with Gasteiger partial charge in [-0.2, -0.15) is 0 Å². The van der Waals surface area contributed by atoms with Gasteiger partial charge in [0.15, 0.2) is 0 Å². The van der Waals surface area contributed by atoms with Crippen molar-refractivity contribution >= 4 is 47.8 Å². The highest BCUT2D eigenvalue weighted by Gasteiger charge is 2.25. The molecule has 1 amide bonds. The second-order valence-electron chi connectivity index (χ2n) is 6.23. The number of anilines is 3. The minimum absolute atomic E-state index is 0. The topological polar surface area (TPSA) is 44.4 Å². The van der Waals surface area contributed by atoms with Gasteiger partial charge in [-0.15, -0.1) is 24.8 Å². The Hall–Kier alpha value is -1.75. The van der Waals surface area contributed by atoms with Crippen LogP contribution in [0.25, 0.3) is 0 Å². The van der Waals surface area contributed by atoms with Gasteiger partial charge in [-0.3, -0.25) is 4.79 Å². The molecule has 2 N–H and O–H groups in total. The van der Waals surface area contributed by atoms with Crippen molar-refractivity contribution in [2.24, 2.45) is 5.92 Å². The second-order valence-corrected chi connectivity index (χ2v) is 6.23. The van der Waals surface area contributed by atoms with E-state index in [1.807, 2.05) is 18.2 Å². The first-order chi connectivity index (χ1) is 11.3. The molecule has 0 bridgehead atoms. The molecule has 0 radical (unpaired) electrons. The lowest BCUT2D eigenvalue weighted by Gasteiger charge is -2.23. The Morgan fingerprint density at radius 3 is 2.52 bits per heavy atom. The van der Waals surface area contributed by atoms with Gasteiger partial charge in [-0.1, -0.05) is 30.3 Å². The van der Waals surface area contributed by atoms with Crippen molar-refractivity contribution in [3.8, 4) is 0 Å². The number of nitrogens with zero attached hydrogens (tertiary/aromatic N) is 1. The first-order valence-electron chi connectivity index (χ1n) is 8.29. The van der Waals surface area contributed by atoms with Crippen molar-refractivity contribution in [3.05, 3.63) is 54.1 Å². The van der Waals surface area contributed by atoms with E-state index in [9.17, 15) is 4.79 Å². The van der Waals surface area contributed by atoms with E-state index in [1.54, 1.807) is 0 Å². The molecule has 2 heterocycles. The molecule has 2 aromatic rings. The fourth-order valence-corrected chi connectivity index (χ4v) is 3.52. The van der Waals surface area contributed by atoms with Crippen LogP contribution in [-0.2, 0) is 11.2 Å². The summed E-state index contributed by atoms with van der Waals surface area (Å²) in [6.07, 6.45) is 1.96. The number of rotatable bonds is 3. The standard InChI is InChI=1S/C19H21N3O.2ClH/c23-19(15-9-11-20-13-15)21-16-6-2-4-8-18(16)22-12-10-14-5-1-3-7-17(14)22;;/h1-8,15,20H,9-13H2,(H,21,23);2*1H. The molecule has 1 fully saturated rings. The van der Waals surface area contributed by atoms with E-state index in [2.05, 4.69) is 45.9 Å². The molecule has 0 aliphatic carbocycles. The van der Waals surface area contributed by atoms with E-state index >= 15 is 0 Å². The van der Waals surface area contributed by atoms with Crippen molar-refractivity contribution < 1.29 is 4.79 Å². The zero-order valence-electron chi connectivity index (χ0n) is 13.9. The Labute approximate surface area is 160 Å². The predicted molar refractivity (Wildman–Crippen MR) is 108 cm³/mol. The molecule has 25 heavy (non-hydrogen) atoms. The van der Waals surface area contributed by atoms with Crippen LogP contribution < -0.4 is 15.5 Å². The first-order valence-corrected chi connectivity index (χ1v) is 8.29. The number of carbonyl (C=O) groups excluding carboxylic acids is 1. The number of carbonyl (C=O) groups is 1. The SMILES string of the molecule is Cl.Cl.O=C(Nc1ccccc1N1CCc2ccccc21)C1CCNC1. The number of benzene rings is 2. The summed E-state index contributed by atoms with van der Waals surface area (Å²) in [5, 5.41) is 6.39. The summed E-state index contributed by atoms with van der Waals surface area (Å²) in [5.41, 5.74) is 4.60. The molecule has 2 aromatic carbocycles. The smallest absolute Gasteiger partial charge is 0.228 e. The number of hydrogen-bond acceptors (Lipinski definition) is 3. The molecule has 1 atom stereocenters. The lowest BCUT2D eigenvalue weighted by atomic mass is 10.1. The summed E-state index contributed by atoms with van der Waals surface area (Å²) in [7, 11) is 0. The number of amides is 1. The van der Waals surface area contributed by atoms with Crippen LogP contribution in [-0.4, -0.2) is 25.5 Å². The molecule has 1 unspecified atom stereocenters. The quantitative estimate of drug-likeness (QED) is 0.852. The van der Waals surface area contributed by atoms with Crippen molar-refractivity contribution in [2.45, 2.75) is 12.8 Å². The highest BCUT2D eigenvalue weighted by Crippen LogP contribution is 2.38. The zero-order valence-corrected chi connectivity index (χ0v) is 15.5. The summed E-state index contributed by atoms with van der Waals surface area (Å²) in [6, 6.07) is 16.6.